The fourth-order valence-corrected chi connectivity index (χ4v) is 2.44. The summed E-state index contributed by atoms with van der Waals surface area (Å²) in [5, 5.41) is 10.1. The van der Waals surface area contributed by atoms with E-state index in [-0.39, 0.29) is 48.5 Å². The first-order chi connectivity index (χ1) is 10.3. The topological polar surface area (TPSA) is 65.5 Å². The van der Waals surface area contributed by atoms with Crippen LogP contribution >= 0.6 is 47.2 Å². The summed E-state index contributed by atoms with van der Waals surface area (Å²) in [5.41, 5.74) is 0.903. The van der Waals surface area contributed by atoms with Gasteiger partial charge in [0, 0.05) is 23.1 Å². The Morgan fingerprint density at radius 2 is 1.87 bits per heavy atom. The van der Waals surface area contributed by atoms with E-state index in [0.29, 0.717) is 16.0 Å². The van der Waals surface area contributed by atoms with E-state index in [9.17, 15) is 4.79 Å². The van der Waals surface area contributed by atoms with Crippen LogP contribution in [-0.2, 0) is 4.79 Å². The van der Waals surface area contributed by atoms with Gasteiger partial charge in [0.05, 0.1) is 12.6 Å². The number of halogens is 3. The minimum absolute atomic E-state index is 0. The lowest BCUT2D eigenvalue weighted by Crippen LogP contribution is -2.45. The molecule has 3 N–H and O–H groups in total. The molecule has 1 atom stereocenters. The molecule has 0 spiro atoms. The molecule has 1 amide bonds. The van der Waals surface area contributed by atoms with Crippen LogP contribution in [0.5, 0.6) is 0 Å². The predicted molar refractivity (Wildman–Crippen MR) is 108 cm³/mol. The Kier molecular flexibility index (Phi) is 10.6. The van der Waals surface area contributed by atoms with Gasteiger partial charge in [-0.25, -0.2) is 0 Å². The fraction of sp³-hybridized carbons (Fsp3) is 0.467. The van der Waals surface area contributed by atoms with Crippen LogP contribution in [0.4, 0.5) is 0 Å². The number of amides is 1. The Balaban J connectivity index is 0.00000484. The first kappa shape index (κ1) is 22.3. The average Bonchev–Trinajstić information content (AvgIpc) is 2.42. The highest BCUT2D eigenvalue weighted by molar-refractivity contribution is 14.0. The van der Waals surface area contributed by atoms with Crippen molar-refractivity contribution in [3.63, 3.8) is 0 Å². The van der Waals surface area contributed by atoms with Crippen LogP contribution in [-0.4, -0.2) is 31.5 Å². The van der Waals surface area contributed by atoms with Gasteiger partial charge in [-0.05, 0) is 38.5 Å². The summed E-state index contributed by atoms with van der Waals surface area (Å²) in [5.74, 6) is 0.438. The zero-order valence-corrected chi connectivity index (χ0v) is 17.5. The minimum Gasteiger partial charge on any atom is -0.352 e. The molecule has 0 radical (unpaired) electrons. The maximum absolute atomic E-state index is 11.6. The molecule has 0 fully saturated rings. The maximum atomic E-state index is 11.6. The molecule has 1 unspecified atom stereocenters. The number of nitrogens with zero attached hydrogens (tertiary/aromatic N) is 1. The predicted octanol–water partition coefficient (Wildman–Crippen LogP) is 3.36. The Hall–Kier alpha value is -0.730. The summed E-state index contributed by atoms with van der Waals surface area (Å²) >= 11 is 12.1. The van der Waals surface area contributed by atoms with Crippen molar-refractivity contribution >= 4 is 59.0 Å². The second kappa shape index (κ2) is 10.9. The summed E-state index contributed by atoms with van der Waals surface area (Å²) in [6.45, 7) is 5.93. The van der Waals surface area contributed by atoms with Gasteiger partial charge >= 0.3 is 0 Å². The molecular formula is C15H23Cl2IN4O. The number of carbonyl (C=O) groups is 1. The highest BCUT2D eigenvalue weighted by Gasteiger charge is 2.12. The van der Waals surface area contributed by atoms with Gasteiger partial charge < -0.3 is 16.0 Å². The molecule has 0 bridgehead atoms. The monoisotopic (exact) mass is 472 g/mol. The average molecular weight is 473 g/mol. The van der Waals surface area contributed by atoms with Crippen LogP contribution < -0.4 is 16.0 Å². The van der Waals surface area contributed by atoms with Gasteiger partial charge in [0.25, 0.3) is 0 Å². The summed E-state index contributed by atoms with van der Waals surface area (Å²) in [7, 11) is 1.64. The molecular weight excluding hydrogens is 450 g/mol. The molecule has 1 aromatic rings. The van der Waals surface area contributed by atoms with Crippen LogP contribution in [0.3, 0.4) is 0 Å². The molecule has 0 aliphatic rings. The van der Waals surface area contributed by atoms with Crippen molar-refractivity contribution < 1.29 is 4.79 Å². The summed E-state index contributed by atoms with van der Waals surface area (Å²) < 4.78 is 0. The van der Waals surface area contributed by atoms with Crippen LogP contribution in [0.15, 0.2) is 23.2 Å². The van der Waals surface area contributed by atoms with E-state index in [4.69, 9.17) is 23.2 Å². The largest absolute Gasteiger partial charge is 0.352 e. The molecule has 8 heteroatoms. The molecule has 1 rings (SSSR count). The van der Waals surface area contributed by atoms with Crippen LogP contribution in [0, 0.1) is 0 Å². The standard InChI is InChI=1S/C15H22Cl2N4O.HI/c1-9(2)20-14(22)8-19-15(18-4)21-10(3)12-6-5-11(16)7-13(12)17;/h5-7,9-10H,8H2,1-4H3,(H,20,22)(H2,18,19,21);1H. The van der Waals surface area contributed by atoms with Crippen LogP contribution in [0.1, 0.15) is 32.4 Å². The van der Waals surface area contributed by atoms with Gasteiger partial charge in [0.1, 0.15) is 0 Å². The number of aliphatic imine (C=N–C) groups is 1. The van der Waals surface area contributed by atoms with Crippen molar-refractivity contribution in [1.82, 2.24) is 16.0 Å². The van der Waals surface area contributed by atoms with E-state index in [1.54, 1.807) is 19.2 Å². The van der Waals surface area contributed by atoms with Crippen molar-refractivity contribution in [1.29, 1.82) is 0 Å². The molecule has 0 saturated carbocycles. The second-order valence-corrected chi connectivity index (χ2v) is 6.02. The van der Waals surface area contributed by atoms with Crippen molar-refractivity contribution in [2.45, 2.75) is 32.9 Å². The molecule has 0 heterocycles. The Labute approximate surface area is 164 Å². The van der Waals surface area contributed by atoms with Crippen LogP contribution in [0.25, 0.3) is 0 Å². The van der Waals surface area contributed by atoms with E-state index < -0.39 is 0 Å². The minimum atomic E-state index is -0.0878. The smallest absolute Gasteiger partial charge is 0.239 e. The van der Waals surface area contributed by atoms with Gasteiger partial charge in [-0.3, -0.25) is 9.79 Å². The van der Waals surface area contributed by atoms with Gasteiger partial charge in [-0.1, -0.05) is 29.3 Å². The molecule has 130 valence electrons. The van der Waals surface area contributed by atoms with Crippen molar-refractivity contribution in [2.75, 3.05) is 13.6 Å². The lowest BCUT2D eigenvalue weighted by atomic mass is 10.1. The number of carbonyl (C=O) groups excluding carboxylic acids is 1. The first-order valence-electron chi connectivity index (χ1n) is 7.05. The summed E-state index contributed by atoms with van der Waals surface area (Å²) in [6, 6.07) is 5.37. The molecule has 0 aliphatic carbocycles. The van der Waals surface area contributed by atoms with Gasteiger partial charge in [-0.2, -0.15) is 0 Å². The lowest BCUT2D eigenvalue weighted by Gasteiger charge is -2.19. The number of hydrogen-bond donors (Lipinski definition) is 3. The Bertz CT molecular complexity index is 552. The van der Waals surface area contributed by atoms with Gasteiger partial charge in [-0.15, -0.1) is 24.0 Å². The van der Waals surface area contributed by atoms with E-state index in [0.717, 1.165) is 5.56 Å². The van der Waals surface area contributed by atoms with Crippen molar-refractivity contribution in [3.8, 4) is 0 Å². The third-order valence-corrected chi connectivity index (χ3v) is 3.43. The summed E-state index contributed by atoms with van der Waals surface area (Å²) in [4.78, 5) is 15.7. The van der Waals surface area contributed by atoms with Gasteiger partial charge in [0.15, 0.2) is 5.96 Å². The van der Waals surface area contributed by atoms with E-state index in [1.165, 1.54) is 0 Å². The normalized spacial score (nSPS) is 12.4. The SMILES string of the molecule is CN=C(NCC(=O)NC(C)C)NC(C)c1ccc(Cl)cc1Cl.I. The summed E-state index contributed by atoms with van der Waals surface area (Å²) in [6.07, 6.45) is 0. The number of nitrogens with one attached hydrogen (secondary N) is 3. The number of guanidine groups is 1. The highest BCUT2D eigenvalue weighted by Crippen LogP contribution is 2.25. The zero-order valence-electron chi connectivity index (χ0n) is 13.6. The molecule has 23 heavy (non-hydrogen) atoms. The molecule has 5 nitrogen and oxygen atoms in total. The number of hydrogen-bond acceptors (Lipinski definition) is 2. The molecule has 1 aromatic carbocycles. The van der Waals surface area contributed by atoms with Crippen LogP contribution in [0.2, 0.25) is 10.0 Å². The Morgan fingerprint density at radius 1 is 1.22 bits per heavy atom. The highest BCUT2D eigenvalue weighted by atomic mass is 127. The van der Waals surface area contributed by atoms with Crippen molar-refractivity contribution in [2.24, 2.45) is 4.99 Å². The first-order valence-corrected chi connectivity index (χ1v) is 7.80. The number of rotatable bonds is 5. The zero-order chi connectivity index (χ0) is 16.7. The van der Waals surface area contributed by atoms with Crippen molar-refractivity contribution in [3.05, 3.63) is 33.8 Å². The molecule has 0 aliphatic heterocycles. The van der Waals surface area contributed by atoms with E-state index in [1.807, 2.05) is 26.8 Å². The Morgan fingerprint density at radius 3 is 2.39 bits per heavy atom. The lowest BCUT2D eigenvalue weighted by molar-refractivity contribution is -0.120. The third kappa shape index (κ3) is 8.08. The quantitative estimate of drug-likeness (QED) is 0.349. The van der Waals surface area contributed by atoms with Gasteiger partial charge in [0.2, 0.25) is 5.91 Å². The maximum Gasteiger partial charge on any atom is 0.239 e. The number of benzene rings is 1. The fourth-order valence-electron chi connectivity index (χ4n) is 1.87. The second-order valence-electron chi connectivity index (χ2n) is 5.18. The molecule has 0 aromatic heterocycles. The third-order valence-electron chi connectivity index (χ3n) is 2.87. The molecule has 0 saturated heterocycles. The van der Waals surface area contributed by atoms with E-state index >= 15 is 0 Å². The van der Waals surface area contributed by atoms with E-state index in [2.05, 4.69) is 20.9 Å².